The maximum absolute atomic E-state index is 11.6. The molecule has 0 aromatic rings. The van der Waals surface area contributed by atoms with Gasteiger partial charge in [0.2, 0.25) is 11.8 Å². The van der Waals surface area contributed by atoms with Crippen LogP contribution in [0.5, 0.6) is 0 Å². The molecular formula is C11H18N2O4S. The summed E-state index contributed by atoms with van der Waals surface area (Å²) >= 11 is 1.45. The number of amides is 2. The van der Waals surface area contributed by atoms with Crippen molar-refractivity contribution in [1.82, 2.24) is 10.2 Å². The molecule has 1 heterocycles. The molecule has 0 aromatic heterocycles. The SMILES string of the molecule is CCCCC(NC(=O)CN1CSCC1=O)C(=O)O. The monoisotopic (exact) mass is 274 g/mol. The fourth-order valence-corrected chi connectivity index (χ4v) is 2.52. The summed E-state index contributed by atoms with van der Waals surface area (Å²) in [7, 11) is 0. The predicted octanol–water partition coefficient (Wildman–Crippen LogP) is 0.279. The van der Waals surface area contributed by atoms with Crippen LogP contribution in [-0.2, 0) is 14.4 Å². The molecule has 18 heavy (non-hydrogen) atoms. The van der Waals surface area contributed by atoms with Crippen LogP contribution in [0, 0.1) is 0 Å². The summed E-state index contributed by atoms with van der Waals surface area (Å²) in [5.74, 6) is -0.617. The lowest BCUT2D eigenvalue weighted by Crippen LogP contribution is -2.45. The molecule has 2 N–H and O–H groups in total. The van der Waals surface area contributed by atoms with Crippen molar-refractivity contribution in [2.45, 2.75) is 32.2 Å². The van der Waals surface area contributed by atoms with Crippen LogP contribution >= 0.6 is 11.8 Å². The average Bonchev–Trinajstić information content (AvgIpc) is 2.70. The molecule has 6 nitrogen and oxygen atoms in total. The summed E-state index contributed by atoms with van der Waals surface area (Å²) < 4.78 is 0. The van der Waals surface area contributed by atoms with Crippen LogP contribution in [0.3, 0.4) is 0 Å². The lowest BCUT2D eigenvalue weighted by Gasteiger charge is -2.17. The summed E-state index contributed by atoms with van der Waals surface area (Å²) in [4.78, 5) is 35.3. The van der Waals surface area contributed by atoms with Crippen LogP contribution < -0.4 is 5.32 Å². The standard InChI is InChI=1S/C11H18N2O4S/c1-2-3-4-8(11(16)17)12-9(14)5-13-7-18-6-10(13)15/h8H,2-7H2,1H3,(H,12,14)(H,16,17). The summed E-state index contributed by atoms with van der Waals surface area (Å²) in [5.41, 5.74) is 0. The maximum atomic E-state index is 11.6. The van der Waals surface area contributed by atoms with Crippen molar-refractivity contribution in [3.05, 3.63) is 0 Å². The summed E-state index contributed by atoms with van der Waals surface area (Å²) in [6.45, 7) is 1.91. The highest BCUT2D eigenvalue weighted by Gasteiger charge is 2.25. The van der Waals surface area contributed by atoms with Gasteiger partial charge in [0.25, 0.3) is 0 Å². The quantitative estimate of drug-likeness (QED) is 0.696. The Hall–Kier alpha value is -1.24. The van der Waals surface area contributed by atoms with Gasteiger partial charge in [0.1, 0.15) is 12.6 Å². The fourth-order valence-electron chi connectivity index (χ4n) is 1.62. The van der Waals surface area contributed by atoms with E-state index in [4.69, 9.17) is 5.11 Å². The van der Waals surface area contributed by atoms with E-state index in [1.807, 2.05) is 6.92 Å². The van der Waals surface area contributed by atoms with E-state index >= 15 is 0 Å². The van der Waals surface area contributed by atoms with Crippen LogP contribution in [0.25, 0.3) is 0 Å². The molecule has 1 unspecified atom stereocenters. The summed E-state index contributed by atoms with van der Waals surface area (Å²) in [6, 6.07) is -0.859. The molecule has 1 atom stereocenters. The second-order valence-electron chi connectivity index (χ2n) is 4.17. The fraction of sp³-hybridized carbons (Fsp3) is 0.727. The van der Waals surface area contributed by atoms with Gasteiger partial charge in [-0.05, 0) is 6.42 Å². The minimum Gasteiger partial charge on any atom is -0.480 e. The number of hydrogen-bond donors (Lipinski definition) is 2. The lowest BCUT2D eigenvalue weighted by atomic mass is 10.1. The largest absolute Gasteiger partial charge is 0.480 e. The highest BCUT2D eigenvalue weighted by Crippen LogP contribution is 2.14. The topological polar surface area (TPSA) is 86.7 Å². The van der Waals surface area contributed by atoms with E-state index in [1.165, 1.54) is 16.7 Å². The molecule has 0 bridgehead atoms. The van der Waals surface area contributed by atoms with Gasteiger partial charge in [-0.3, -0.25) is 9.59 Å². The minimum absolute atomic E-state index is 0.0538. The third-order valence-electron chi connectivity index (χ3n) is 2.64. The van der Waals surface area contributed by atoms with E-state index in [1.54, 1.807) is 0 Å². The molecule has 1 aliphatic rings. The number of thioether (sulfide) groups is 1. The van der Waals surface area contributed by atoms with Crippen LogP contribution in [0.1, 0.15) is 26.2 Å². The van der Waals surface area contributed by atoms with E-state index in [2.05, 4.69) is 5.32 Å². The van der Waals surface area contributed by atoms with Crippen molar-refractivity contribution in [2.24, 2.45) is 0 Å². The van der Waals surface area contributed by atoms with Gasteiger partial charge in [-0.25, -0.2) is 4.79 Å². The van der Waals surface area contributed by atoms with Crippen molar-refractivity contribution in [1.29, 1.82) is 0 Å². The summed E-state index contributed by atoms with van der Waals surface area (Å²) in [5, 5.41) is 11.4. The van der Waals surface area contributed by atoms with Gasteiger partial charge in [0, 0.05) is 0 Å². The maximum Gasteiger partial charge on any atom is 0.326 e. The number of carbonyl (C=O) groups is 3. The molecule has 0 aromatic carbocycles. The highest BCUT2D eigenvalue weighted by molar-refractivity contribution is 8.00. The minimum atomic E-state index is -1.03. The molecule has 1 fully saturated rings. The number of hydrogen-bond acceptors (Lipinski definition) is 4. The van der Waals surface area contributed by atoms with E-state index in [0.717, 1.165) is 12.8 Å². The summed E-state index contributed by atoms with van der Waals surface area (Å²) in [6.07, 6.45) is 2.04. The van der Waals surface area contributed by atoms with Crippen molar-refractivity contribution in [2.75, 3.05) is 18.2 Å². The van der Waals surface area contributed by atoms with Crippen molar-refractivity contribution >= 4 is 29.5 Å². The second kappa shape index (κ2) is 7.25. The van der Waals surface area contributed by atoms with Gasteiger partial charge >= 0.3 is 5.97 Å². The van der Waals surface area contributed by atoms with Crippen LogP contribution in [-0.4, -0.2) is 52.0 Å². The zero-order valence-corrected chi connectivity index (χ0v) is 11.2. The molecule has 0 aliphatic carbocycles. The van der Waals surface area contributed by atoms with Crippen molar-refractivity contribution in [3.8, 4) is 0 Å². The van der Waals surface area contributed by atoms with Gasteiger partial charge in [-0.1, -0.05) is 19.8 Å². The smallest absolute Gasteiger partial charge is 0.326 e. The first-order chi connectivity index (χ1) is 8.54. The highest BCUT2D eigenvalue weighted by atomic mass is 32.2. The first kappa shape index (κ1) is 14.8. The molecule has 0 radical (unpaired) electrons. The Balaban J connectivity index is 2.40. The van der Waals surface area contributed by atoms with Gasteiger partial charge in [-0.2, -0.15) is 0 Å². The molecule has 2 amide bonds. The Bertz CT molecular complexity index is 335. The van der Waals surface area contributed by atoms with E-state index < -0.39 is 17.9 Å². The zero-order chi connectivity index (χ0) is 13.5. The van der Waals surface area contributed by atoms with Crippen LogP contribution in [0.2, 0.25) is 0 Å². The molecule has 1 saturated heterocycles. The first-order valence-electron chi connectivity index (χ1n) is 5.92. The number of nitrogens with zero attached hydrogens (tertiary/aromatic N) is 1. The van der Waals surface area contributed by atoms with Gasteiger partial charge in [-0.15, -0.1) is 11.8 Å². The number of rotatable bonds is 7. The Morgan fingerprint density at radius 2 is 2.28 bits per heavy atom. The molecule has 1 aliphatic heterocycles. The molecule has 0 saturated carbocycles. The zero-order valence-electron chi connectivity index (χ0n) is 10.3. The molecule has 7 heteroatoms. The number of aliphatic carboxylic acids is 1. The van der Waals surface area contributed by atoms with E-state index in [-0.39, 0.29) is 12.5 Å². The third-order valence-corrected chi connectivity index (χ3v) is 3.58. The van der Waals surface area contributed by atoms with Crippen molar-refractivity contribution < 1.29 is 19.5 Å². The van der Waals surface area contributed by atoms with Crippen LogP contribution in [0.15, 0.2) is 0 Å². The van der Waals surface area contributed by atoms with Crippen molar-refractivity contribution in [3.63, 3.8) is 0 Å². The molecule has 0 spiro atoms. The number of nitrogens with one attached hydrogen (secondary N) is 1. The normalized spacial score (nSPS) is 16.7. The van der Waals surface area contributed by atoms with E-state index in [9.17, 15) is 14.4 Å². The Morgan fingerprint density at radius 1 is 1.56 bits per heavy atom. The van der Waals surface area contributed by atoms with Gasteiger partial charge in [0.15, 0.2) is 0 Å². The number of carbonyl (C=O) groups excluding carboxylic acids is 2. The second-order valence-corrected chi connectivity index (χ2v) is 5.12. The Kier molecular flexibility index (Phi) is 5.97. The average molecular weight is 274 g/mol. The number of unbranched alkanes of at least 4 members (excludes halogenated alkanes) is 1. The predicted molar refractivity (Wildman–Crippen MR) is 68.1 cm³/mol. The molecular weight excluding hydrogens is 256 g/mol. The molecule has 1 rings (SSSR count). The lowest BCUT2D eigenvalue weighted by molar-refractivity contribution is -0.142. The van der Waals surface area contributed by atoms with Gasteiger partial charge < -0.3 is 15.3 Å². The van der Waals surface area contributed by atoms with E-state index in [0.29, 0.717) is 18.1 Å². The van der Waals surface area contributed by atoms with Gasteiger partial charge in [0.05, 0.1) is 11.6 Å². The first-order valence-corrected chi connectivity index (χ1v) is 7.07. The van der Waals surface area contributed by atoms with Crippen LogP contribution in [0.4, 0.5) is 0 Å². The third kappa shape index (κ3) is 4.56. The number of carboxylic acids is 1. The molecule has 102 valence electrons. The Morgan fingerprint density at radius 3 is 2.78 bits per heavy atom. The Labute approximate surface area is 110 Å². The number of carboxylic acid groups (broad SMARTS) is 1.